The van der Waals surface area contributed by atoms with Crippen LogP contribution in [0.25, 0.3) is 0 Å². The highest BCUT2D eigenvalue weighted by Gasteiger charge is 1.92. The Kier molecular flexibility index (Phi) is 1.73. The first-order valence-electron chi connectivity index (χ1n) is 1.61. The van der Waals surface area contributed by atoms with Gasteiger partial charge < -0.3 is 0 Å². The molecule has 37 valence electrons. The number of hydrogen-bond donors (Lipinski definition) is 0. The molecule has 0 unspecified atom stereocenters. The lowest BCUT2D eigenvalue weighted by Gasteiger charge is -1.74. The molecule has 1 radical (unpaired) electrons. The van der Waals surface area contributed by atoms with Crippen molar-refractivity contribution >= 4 is 38.9 Å². The number of halogens is 2. The van der Waals surface area contributed by atoms with E-state index in [1.807, 2.05) is 0 Å². The second kappa shape index (κ2) is 2.16. The fourth-order valence-electron chi connectivity index (χ4n) is 0.238. The zero-order chi connectivity index (χ0) is 5.28. The Morgan fingerprint density at radius 1 is 1.86 bits per heavy atom. The maximum absolute atomic E-state index is 5.56. The third kappa shape index (κ3) is 1.18. The van der Waals surface area contributed by atoms with Gasteiger partial charge in [-0.25, -0.2) is 0 Å². The third-order valence-electron chi connectivity index (χ3n) is 0.522. The SMILES string of the molecule is Clc1c[c]sc1Br. The fraction of sp³-hybridized carbons (Fsp3) is 0. The quantitative estimate of drug-likeness (QED) is 0.598. The van der Waals surface area contributed by atoms with Crippen LogP contribution in [0.15, 0.2) is 9.85 Å². The van der Waals surface area contributed by atoms with E-state index in [9.17, 15) is 0 Å². The van der Waals surface area contributed by atoms with Gasteiger partial charge in [0, 0.05) is 5.38 Å². The predicted molar refractivity (Wildman–Crippen MR) is 35.9 cm³/mol. The summed E-state index contributed by atoms with van der Waals surface area (Å²) in [4.78, 5) is 0. The Morgan fingerprint density at radius 2 is 2.57 bits per heavy atom. The zero-order valence-corrected chi connectivity index (χ0v) is 6.40. The van der Waals surface area contributed by atoms with Crippen molar-refractivity contribution in [3.63, 3.8) is 0 Å². The van der Waals surface area contributed by atoms with Crippen molar-refractivity contribution < 1.29 is 0 Å². The van der Waals surface area contributed by atoms with E-state index >= 15 is 0 Å². The molecule has 1 aromatic rings. The highest BCUT2D eigenvalue weighted by atomic mass is 79.9. The van der Waals surface area contributed by atoms with E-state index in [1.54, 1.807) is 6.07 Å². The summed E-state index contributed by atoms with van der Waals surface area (Å²) in [5, 5.41) is 3.60. The Labute approximate surface area is 59.2 Å². The summed E-state index contributed by atoms with van der Waals surface area (Å²) in [7, 11) is 0. The molecule has 0 saturated heterocycles. The summed E-state index contributed by atoms with van der Waals surface area (Å²) in [5.74, 6) is 0. The standard InChI is InChI=1S/C4HBrClS/c5-4-3(6)1-2-7-4/h1H. The molecule has 0 aliphatic carbocycles. The lowest BCUT2D eigenvalue weighted by atomic mass is 10.7. The first-order chi connectivity index (χ1) is 3.30. The smallest absolute Gasteiger partial charge is 0.0891 e. The molecule has 1 heterocycles. The molecule has 0 fully saturated rings. The van der Waals surface area contributed by atoms with Crippen LogP contribution in [0, 0.1) is 5.38 Å². The van der Waals surface area contributed by atoms with E-state index in [0.29, 0.717) is 0 Å². The second-order valence-corrected chi connectivity index (χ2v) is 3.56. The highest BCUT2D eigenvalue weighted by molar-refractivity contribution is 9.11. The van der Waals surface area contributed by atoms with Crippen LogP contribution in [-0.2, 0) is 0 Å². The molecule has 0 aromatic carbocycles. The molecule has 0 nitrogen and oxygen atoms in total. The van der Waals surface area contributed by atoms with Crippen LogP contribution in [0.1, 0.15) is 0 Å². The largest absolute Gasteiger partial charge is 0.126 e. The van der Waals surface area contributed by atoms with Crippen molar-refractivity contribution in [2.24, 2.45) is 0 Å². The monoisotopic (exact) mass is 195 g/mol. The van der Waals surface area contributed by atoms with Crippen molar-refractivity contribution in [3.05, 3.63) is 20.3 Å². The summed E-state index contributed by atoms with van der Waals surface area (Å²) in [6.07, 6.45) is 0. The summed E-state index contributed by atoms with van der Waals surface area (Å²) < 4.78 is 0.953. The van der Waals surface area contributed by atoms with Crippen LogP contribution >= 0.6 is 38.9 Å². The average Bonchev–Trinajstić information content (AvgIpc) is 1.91. The van der Waals surface area contributed by atoms with Gasteiger partial charge in [0.25, 0.3) is 0 Å². The molecular formula is C4HBrClS. The molecule has 0 aliphatic heterocycles. The summed E-state index contributed by atoms with van der Waals surface area (Å²) >= 11 is 10.2. The van der Waals surface area contributed by atoms with Crippen LogP contribution in [-0.4, -0.2) is 0 Å². The van der Waals surface area contributed by atoms with Gasteiger partial charge in [-0.3, -0.25) is 0 Å². The van der Waals surface area contributed by atoms with E-state index in [-0.39, 0.29) is 0 Å². The van der Waals surface area contributed by atoms with Gasteiger partial charge in [-0.05, 0) is 22.0 Å². The highest BCUT2D eigenvalue weighted by Crippen LogP contribution is 2.26. The van der Waals surface area contributed by atoms with Gasteiger partial charge in [0.1, 0.15) is 0 Å². The van der Waals surface area contributed by atoms with Gasteiger partial charge in [-0.2, -0.15) is 0 Å². The molecule has 0 saturated carbocycles. The van der Waals surface area contributed by atoms with Crippen LogP contribution in [0.4, 0.5) is 0 Å². The van der Waals surface area contributed by atoms with Gasteiger partial charge in [0.2, 0.25) is 0 Å². The minimum atomic E-state index is 0.741. The molecule has 0 spiro atoms. The van der Waals surface area contributed by atoms with E-state index in [2.05, 4.69) is 21.3 Å². The van der Waals surface area contributed by atoms with E-state index < -0.39 is 0 Å². The molecule has 1 aromatic heterocycles. The molecule has 1 rings (SSSR count). The second-order valence-electron chi connectivity index (χ2n) is 0.986. The Morgan fingerprint density at radius 3 is 2.71 bits per heavy atom. The summed E-state index contributed by atoms with van der Waals surface area (Å²) in [5.41, 5.74) is 0. The van der Waals surface area contributed by atoms with E-state index in [4.69, 9.17) is 11.6 Å². The molecule has 3 heteroatoms. The van der Waals surface area contributed by atoms with Crippen molar-refractivity contribution in [1.82, 2.24) is 0 Å². The van der Waals surface area contributed by atoms with Crippen LogP contribution in [0.5, 0.6) is 0 Å². The zero-order valence-electron chi connectivity index (χ0n) is 3.24. The molecule has 0 amide bonds. The van der Waals surface area contributed by atoms with Crippen LogP contribution in [0.2, 0.25) is 5.02 Å². The number of hydrogen-bond acceptors (Lipinski definition) is 1. The Bertz CT molecular complexity index is 144. The third-order valence-corrected chi connectivity index (χ3v) is 2.71. The van der Waals surface area contributed by atoms with Gasteiger partial charge in [-0.1, -0.05) is 11.6 Å². The maximum Gasteiger partial charge on any atom is 0.0891 e. The first-order valence-corrected chi connectivity index (χ1v) is 3.60. The van der Waals surface area contributed by atoms with Gasteiger partial charge in [-0.15, -0.1) is 11.3 Å². The molecular weight excluding hydrogens is 195 g/mol. The van der Waals surface area contributed by atoms with Crippen molar-refractivity contribution in [2.45, 2.75) is 0 Å². The lowest BCUT2D eigenvalue weighted by Crippen LogP contribution is -1.43. The van der Waals surface area contributed by atoms with E-state index in [0.717, 1.165) is 8.81 Å². The van der Waals surface area contributed by atoms with Gasteiger partial charge in [0.15, 0.2) is 0 Å². The molecule has 0 bridgehead atoms. The maximum atomic E-state index is 5.56. The van der Waals surface area contributed by atoms with Crippen molar-refractivity contribution in [3.8, 4) is 0 Å². The Hall–Kier alpha value is 0.470. The minimum Gasteiger partial charge on any atom is -0.126 e. The molecule has 0 aliphatic rings. The summed E-state index contributed by atoms with van der Waals surface area (Å²) in [6.45, 7) is 0. The average molecular weight is 196 g/mol. The molecule has 7 heavy (non-hydrogen) atoms. The fourth-order valence-corrected chi connectivity index (χ4v) is 1.30. The van der Waals surface area contributed by atoms with Gasteiger partial charge in [0.05, 0.1) is 8.81 Å². The Balaban J connectivity index is 3.12. The van der Waals surface area contributed by atoms with E-state index in [1.165, 1.54) is 11.3 Å². The molecule has 0 atom stereocenters. The summed E-state index contributed by atoms with van der Waals surface area (Å²) in [6, 6.07) is 1.73. The van der Waals surface area contributed by atoms with Crippen molar-refractivity contribution in [2.75, 3.05) is 0 Å². The minimum absolute atomic E-state index is 0.741. The number of thiophene rings is 1. The first kappa shape index (κ1) is 5.60. The van der Waals surface area contributed by atoms with Crippen LogP contribution < -0.4 is 0 Å². The predicted octanol–water partition coefficient (Wildman–Crippen LogP) is 2.96. The normalized spacial score (nSPS) is 9.43. The number of rotatable bonds is 0. The lowest BCUT2D eigenvalue weighted by molar-refractivity contribution is 1.95. The van der Waals surface area contributed by atoms with Crippen molar-refractivity contribution in [1.29, 1.82) is 0 Å². The van der Waals surface area contributed by atoms with Crippen LogP contribution in [0.3, 0.4) is 0 Å². The van der Waals surface area contributed by atoms with Gasteiger partial charge >= 0.3 is 0 Å². The molecule has 0 N–H and O–H groups in total. The topological polar surface area (TPSA) is 0 Å².